The van der Waals surface area contributed by atoms with Gasteiger partial charge in [-0.05, 0) is 49.9 Å². The number of allylic oxidation sites excluding steroid dienone is 1. The van der Waals surface area contributed by atoms with E-state index in [0.29, 0.717) is 6.61 Å². The number of nitrogens with zero attached hydrogens (tertiary/aromatic N) is 2. The van der Waals surface area contributed by atoms with E-state index in [4.69, 9.17) is 9.47 Å². The van der Waals surface area contributed by atoms with E-state index in [1.165, 1.54) is 12.7 Å². The van der Waals surface area contributed by atoms with Gasteiger partial charge in [-0.2, -0.15) is 0 Å². The summed E-state index contributed by atoms with van der Waals surface area (Å²) < 4.78 is 11.9. The van der Waals surface area contributed by atoms with Crippen LogP contribution in [0.2, 0.25) is 0 Å². The Hall–Kier alpha value is -2.05. The van der Waals surface area contributed by atoms with E-state index in [2.05, 4.69) is 29.8 Å². The highest BCUT2D eigenvalue weighted by molar-refractivity contribution is 5.81. The van der Waals surface area contributed by atoms with Crippen molar-refractivity contribution in [3.63, 3.8) is 0 Å². The van der Waals surface area contributed by atoms with Gasteiger partial charge in [-0.3, -0.25) is 9.69 Å². The average Bonchev–Trinajstić information content (AvgIpc) is 3.18. The number of hydrogen-bond donors (Lipinski definition) is 1. The summed E-state index contributed by atoms with van der Waals surface area (Å²) in [7, 11) is 3.53. The predicted octanol–water partition coefficient (Wildman–Crippen LogP) is 2.41. The first-order valence-electron chi connectivity index (χ1n) is 10.2. The largest absolute Gasteiger partial charge is 0.508 e. The molecule has 1 aromatic rings. The normalized spacial score (nSPS) is 38.0. The van der Waals surface area contributed by atoms with E-state index in [1.807, 2.05) is 12.1 Å². The van der Waals surface area contributed by atoms with Gasteiger partial charge < -0.3 is 19.5 Å². The molecule has 0 radical (unpaired) electrons. The molecule has 1 N–H and O–H groups in total. The maximum absolute atomic E-state index is 12.9. The Morgan fingerprint density at radius 3 is 3.00 bits per heavy atom. The number of benzene rings is 1. The van der Waals surface area contributed by atoms with E-state index in [1.54, 1.807) is 6.07 Å². The number of hydrogen-bond acceptors (Lipinski definition) is 6. The van der Waals surface area contributed by atoms with Gasteiger partial charge in [0.2, 0.25) is 0 Å². The van der Waals surface area contributed by atoms with Gasteiger partial charge in [0.05, 0.1) is 31.1 Å². The van der Waals surface area contributed by atoms with Crippen LogP contribution in [-0.4, -0.2) is 61.6 Å². The van der Waals surface area contributed by atoms with Crippen LogP contribution in [-0.2, 0) is 19.7 Å². The predicted molar refractivity (Wildman–Crippen MR) is 105 cm³/mol. The number of aromatic hydroxyl groups is 1. The third-order valence-corrected chi connectivity index (χ3v) is 7.75. The molecule has 4 aliphatic heterocycles. The van der Waals surface area contributed by atoms with Crippen LogP contribution in [0, 0.1) is 5.92 Å². The molecular formula is C22H28N2O4. The van der Waals surface area contributed by atoms with Crippen LogP contribution < -0.4 is 4.90 Å². The number of methoxy groups -OCH3 is 1. The number of phenolic OH excluding ortho intramolecular Hbond substituents is 1. The molecule has 4 heterocycles. The van der Waals surface area contributed by atoms with Gasteiger partial charge in [0, 0.05) is 25.8 Å². The molecule has 150 valence electrons. The molecule has 4 atom stereocenters. The summed E-state index contributed by atoms with van der Waals surface area (Å²) in [5, 5.41) is 10.3. The van der Waals surface area contributed by atoms with Gasteiger partial charge in [-0.1, -0.05) is 11.6 Å². The van der Waals surface area contributed by atoms with E-state index >= 15 is 0 Å². The van der Waals surface area contributed by atoms with Crippen molar-refractivity contribution in [1.29, 1.82) is 0 Å². The van der Waals surface area contributed by atoms with Crippen LogP contribution in [0.5, 0.6) is 5.75 Å². The summed E-state index contributed by atoms with van der Waals surface area (Å²) in [5.41, 5.74) is 2.43. The van der Waals surface area contributed by atoms with Crippen LogP contribution in [0.1, 0.15) is 31.7 Å². The molecule has 28 heavy (non-hydrogen) atoms. The fraction of sp³-hybridized carbons (Fsp3) is 0.591. The number of piperidine rings is 2. The standard InChI is InChI=1S/C22H28N2O4/c1-4-14-5-8-19-22-21(9-10-24(19)12-14,17(13-28-22)20(26)27-3)16-11-15(25)6-7-18(16)23(22)2/h4,6-7,11,17,19,25H,5,8-10,12-13H2,1-3H3. The zero-order valence-corrected chi connectivity index (χ0v) is 16.8. The Morgan fingerprint density at radius 1 is 1.43 bits per heavy atom. The van der Waals surface area contributed by atoms with Crippen molar-refractivity contribution in [2.24, 2.45) is 5.92 Å². The smallest absolute Gasteiger partial charge is 0.312 e. The highest BCUT2D eigenvalue weighted by atomic mass is 16.5. The molecule has 0 saturated carbocycles. The highest BCUT2D eigenvalue weighted by Gasteiger charge is 2.75. The van der Waals surface area contributed by atoms with Gasteiger partial charge in [0.25, 0.3) is 0 Å². The lowest BCUT2D eigenvalue weighted by Gasteiger charge is -2.58. The van der Waals surface area contributed by atoms with E-state index in [-0.39, 0.29) is 23.7 Å². The monoisotopic (exact) mass is 384 g/mol. The Bertz CT molecular complexity index is 868. The minimum atomic E-state index is -0.612. The first kappa shape index (κ1) is 18.0. The molecule has 0 aromatic heterocycles. The molecule has 3 fully saturated rings. The third-order valence-electron chi connectivity index (χ3n) is 7.75. The second-order valence-corrected chi connectivity index (χ2v) is 8.54. The second kappa shape index (κ2) is 5.97. The number of phenols is 1. The van der Waals surface area contributed by atoms with Gasteiger partial charge >= 0.3 is 5.97 Å². The Labute approximate surface area is 165 Å². The fourth-order valence-corrected chi connectivity index (χ4v) is 6.57. The molecule has 0 bridgehead atoms. The van der Waals surface area contributed by atoms with Crippen molar-refractivity contribution in [1.82, 2.24) is 4.90 Å². The topological polar surface area (TPSA) is 62.2 Å². The fourth-order valence-electron chi connectivity index (χ4n) is 6.57. The number of anilines is 1. The maximum Gasteiger partial charge on any atom is 0.312 e. The van der Waals surface area contributed by atoms with E-state index < -0.39 is 11.1 Å². The minimum absolute atomic E-state index is 0.194. The van der Waals surface area contributed by atoms with Gasteiger partial charge in [-0.15, -0.1) is 0 Å². The quantitative estimate of drug-likeness (QED) is 0.593. The van der Waals surface area contributed by atoms with Crippen molar-refractivity contribution in [2.75, 3.05) is 38.8 Å². The van der Waals surface area contributed by atoms with Crippen LogP contribution in [0.15, 0.2) is 29.8 Å². The van der Waals surface area contributed by atoms with Crippen molar-refractivity contribution in [3.05, 3.63) is 35.4 Å². The summed E-state index contributed by atoms with van der Waals surface area (Å²) in [6.07, 6.45) is 5.09. The van der Waals surface area contributed by atoms with Crippen molar-refractivity contribution >= 4 is 11.7 Å². The lowest BCUT2D eigenvalue weighted by atomic mass is 9.59. The zero-order chi connectivity index (χ0) is 19.7. The Balaban J connectivity index is 1.72. The number of carbonyl (C=O) groups is 1. The van der Waals surface area contributed by atoms with Crippen molar-refractivity contribution in [3.8, 4) is 5.75 Å². The first-order valence-corrected chi connectivity index (χ1v) is 10.2. The van der Waals surface area contributed by atoms with Crippen LogP contribution in [0.25, 0.3) is 0 Å². The lowest BCUT2D eigenvalue weighted by molar-refractivity contribution is -0.150. The third kappa shape index (κ3) is 1.93. The van der Waals surface area contributed by atoms with Crippen LogP contribution in [0.4, 0.5) is 5.69 Å². The van der Waals surface area contributed by atoms with Gasteiger partial charge in [0.1, 0.15) is 5.75 Å². The number of esters is 1. The molecule has 6 heteroatoms. The Morgan fingerprint density at radius 2 is 2.25 bits per heavy atom. The number of fused-ring (bicyclic) bond motifs is 2. The molecule has 1 aromatic carbocycles. The molecule has 4 unspecified atom stereocenters. The molecule has 6 nitrogen and oxygen atoms in total. The lowest BCUT2D eigenvalue weighted by Crippen LogP contribution is -2.73. The summed E-state index contributed by atoms with van der Waals surface area (Å²) in [5.74, 6) is -0.353. The molecule has 0 amide bonds. The van der Waals surface area contributed by atoms with Gasteiger partial charge in [0.15, 0.2) is 5.72 Å². The van der Waals surface area contributed by atoms with E-state index in [0.717, 1.165) is 43.6 Å². The van der Waals surface area contributed by atoms with Crippen LogP contribution in [0.3, 0.4) is 0 Å². The highest BCUT2D eigenvalue weighted by Crippen LogP contribution is 2.66. The molecule has 5 rings (SSSR count). The van der Waals surface area contributed by atoms with Crippen LogP contribution >= 0.6 is 0 Å². The van der Waals surface area contributed by atoms with Crippen molar-refractivity contribution < 1.29 is 19.4 Å². The molecule has 3 saturated heterocycles. The number of ether oxygens (including phenoxy) is 2. The number of rotatable bonds is 1. The molecule has 0 spiro atoms. The molecule has 0 aliphatic carbocycles. The SMILES string of the molecule is CC=C1CCC2N(CCC34c5cc(O)ccc5N(C)C23OCC4C(=O)OC)C1. The molecular weight excluding hydrogens is 356 g/mol. The molecule has 4 aliphatic rings. The van der Waals surface area contributed by atoms with E-state index in [9.17, 15) is 9.90 Å². The zero-order valence-electron chi connectivity index (χ0n) is 16.8. The minimum Gasteiger partial charge on any atom is -0.508 e. The maximum atomic E-state index is 12.9. The van der Waals surface area contributed by atoms with Gasteiger partial charge in [-0.25, -0.2) is 0 Å². The van der Waals surface area contributed by atoms with Crippen molar-refractivity contribution in [2.45, 2.75) is 43.4 Å². The summed E-state index contributed by atoms with van der Waals surface area (Å²) >= 11 is 0. The number of carbonyl (C=O) groups excluding carboxylic acids is 1. The second-order valence-electron chi connectivity index (χ2n) is 8.54. The Kier molecular flexibility index (Phi) is 3.84. The first-order chi connectivity index (χ1) is 13.5. The average molecular weight is 384 g/mol. The number of likely N-dealkylation sites (N-methyl/N-ethyl adjacent to an activating group) is 1. The summed E-state index contributed by atoms with van der Waals surface area (Å²) in [4.78, 5) is 17.6. The summed E-state index contributed by atoms with van der Waals surface area (Å²) in [6.45, 7) is 4.33. The summed E-state index contributed by atoms with van der Waals surface area (Å²) in [6, 6.07) is 5.71.